The van der Waals surface area contributed by atoms with Crippen molar-refractivity contribution in [2.24, 2.45) is 0 Å². The third kappa shape index (κ3) is 5.53. The lowest BCUT2D eigenvalue weighted by atomic mass is 9.98. The molecule has 1 aliphatic rings. The number of pyridine rings is 1. The molecule has 0 bridgehead atoms. The second-order valence-electron chi connectivity index (χ2n) is 9.16. The predicted molar refractivity (Wildman–Crippen MR) is 132 cm³/mol. The van der Waals surface area contributed by atoms with Gasteiger partial charge in [-0.3, -0.25) is 14.4 Å². The van der Waals surface area contributed by atoms with E-state index in [0.717, 1.165) is 10.9 Å². The fraction of sp³-hybridized carbons (Fsp3) is 0.370. The Kier molecular flexibility index (Phi) is 7.19. The molecule has 2 aromatic carbocycles. The average molecular weight is 480 g/mol. The zero-order valence-electron chi connectivity index (χ0n) is 20.3. The Morgan fingerprint density at radius 3 is 2.37 bits per heavy atom. The monoisotopic (exact) mass is 479 g/mol. The van der Waals surface area contributed by atoms with Gasteiger partial charge in [0.05, 0.1) is 12.1 Å². The molecule has 0 atom stereocenters. The number of fused-ring (bicyclic) bond motifs is 1. The predicted octanol–water partition coefficient (Wildman–Crippen LogP) is 3.38. The van der Waals surface area contributed by atoms with E-state index in [1.165, 1.54) is 19.1 Å². The number of hydrogen-bond acceptors (Lipinski definition) is 4. The topological polar surface area (TPSA) is 71.9 Å². The third-order valence-corrected chi connectivity index (χ3v) is 6.41. The number of aromatic nitrogens is 1. The minimum Gasteiger partial charge on any atom is -0.484 e. The van der Waals surface area contributed by atoms with E-state index in [2.05, 4.69) is 0 Å². The molecule has 8 heteroatoms. The van der Waals surface area contributed by atoms with Gasteiger partial charge in [-0.05, 0) is 41.3 Å². The first-order valence-electron chi connectivity index (χ1n) is 11.8. The van der Waals surface area contributed by atoms with Crippen molar-refractivity contribution in [3.63, 3.8) is 0 Å². The van der Waals surface area contributed by atoms with Crippen LogP contribution in [0.25, 0.3) is 10.9 Å². The van der Waals surface area contributed by atoms with Crippen LogP contribution < -0.4 is 10.3 Å². The molecule has 2 amide bonds. The minimum absolute atomic E-state index is 0.00886. The highest BCUT2D eigenvalue weighted by Gasteiger charge is 2.22. The molecule has 4 rings (SSSR count). The number of benzene rings is 2. The molecule has 1 aliphatic heterocycles. The second kappa shape index (κ2) is 10.3. The van der Waals surface area contributed by atoms with Crippen molar-refractivity contribution in [1.82, 2.24) is 14.4 Å². The first kappa shape index (κ1) is 24.4. The molecule has 0 N–H and O–H groups in total. The van der Waals surface area contributed by atoms with E-state index in [0.29, 0.717) is 43.0 Å². The highest BCUT2D eigenvalue weighted by Crippen LogP contribution is 2.28. The SMILES string of the molecule is CC(=O)N1CCN(C(=O)COc2ccc3c(C(C)C)cc(=O)n(Cc4cccc(F)c4)c3c2)CC1. The third-order valence-electron chi connectivity index (χ3n) is 6.41. The minimum atomic E-state index is -0.356. The summed E-state index contributed by atoms with van der Waals surface area (Å²) in [6, 6.07) is 13.3. The van der Waals surface area contributed by atoms with Gasteiger partial charge in [0.15, 0.2) is 6.61 Å². The fourth-order valence-electron chi connectivity index (χ4n) is 4.44. The van der Waals surface area contributed by atoms with Crippen LogP contribution in [0.1, 0.15) is 37.8 Å². The summed E-state index contributed by atoms with van der Waals surface area (Å²) in [6.45, 7) is 7.65. The van der Waals surface area contributed by atoms with Crippen LogP contribution in [0.15, 0.2) is 53.3 Å². The molecule has 0 radical (unpaired) electrons. The number of rotatable bonds is 6. The Morgan fingerprint density at radius 1 is 1.00 bits per heavy atom. The van der Waals surface area contributed by atoms with Crippen LogP contribution >= 0.6 is 0 Å². The van der Waals surface area contributed by atoms with Gasteiger partial charge in [0.1, 0.15) is 11.6 Å². The number of ether oxygens (including phenoxy) is 1. The van der Waals surface area contributed by atoms with Crippen molar-refractivity contribution in [3.05, 3.63) is 75.8 Å². The maximum atomic E-state index is 13.7. The van der Waals surface area contributed by atoms with Gasteiger partial charge in [-0.25, -0.2) is 4.39 Å². The Bertz CT molecular complexity index is 1310. The van der Waals surface area contributed by atoms with Gasteiger partial charge in [-0.1, -0.05) is 26.0 Å². The van der Waals surface area contributed by atoms with Gasteiger partial charge in [0.2, 0.25) is 5.91 Å². The van der Waals surface area contributed by atoms with Gasteiger partial charge in [0.25, 0.3) is 11.5 Å². The Hall–Kier alpha value is -3.68. The Balaban J connectivity index is 1.58. The zero-order valence-corrected chi connectivity index (χ0v) is 20.3. The molecule has 184 valence electrons. The molecular weight excluding hydrogens is 449 g/mol. The summed E-state index contributed by atoms with van der Waals surface area (Å²) >= 11 is 0. The van der Waals surface area contributed by atoms with Crippen LogP contribution in [-0.4, -0.2) is 59.0 Å². The van der Waals surface area contributed by atoms with Crippen LogP contribution in [0.3, 0.4) is 0 Å². The van der Waals surface area contributed by atoms with Crippen molar-refractivity contribution >= 4 is 22.7 Å². The number of carbonyl (C=O) groups excluding carboxylic acids is 2. The van der Waals surface area contributed by atoms with Crippen LogP contribution in [-0.2, 0) is 16.1 Å². The summed E-state index contributed by atoms with van der Waals surface area (Å²) in [6.07, 6.45) is 0. The van der Waals surface area contributed by atoms with Crippen molar-refractivity contribution in [1.29, 1.82) is 0 Å². The fourth-order valence-corrected chi connectivity index (χ4v) is 4.44. The van der Waals surface area contributed by atoms with Gasteiger partial charge in [-0.15, -0.1) is 0 Å². The van der Waals surface area contributed by atoms with Crippen LogP contribution in [0.2, 0.25) is 0 Å². The molecule has 7 nitrogen and oxygen atoms in total. The number of nitrogens with zero attached hydrogens (tertiary/aromatic N) is 3. The molecule has 1 aromatic heterocycles. The van der Waals surface area contributed by atoms with Crippen molar-refractivity contribution < 1.29 is 18.7 Å². The molecule has 0 aliphatic carbocycles. The maximum Gasteiger partial charge on any atom is 0.260 e. The van der Waals surface area contributed by atoms with Crippen LogP contribution in [0.5, 0.6) is 5.75 Å². The summed E-state index contributed by atoms with van der Waals surface area (Å²) in [7, 11) is 0. The lowest BCUT2D eigenvalue weighted by Gasteiger charge is -2.34. The molecule has 2 heterocycles. The molecule has 0 spiro atoms. The Labute approximate surface area is 203 Å². The summed E-state index contributed by atoms with van der Waals surface area (Å²) in [4.78, 5) is 40.6. The highest BCUT2D eigenvalue weighted by molar-refractivity contribution is 5.85. The standard InChI is InChI=1S/C27H30FN3O4/c1-18(2)24-15-26(33)31(16-20-5-4-6-21(28)13-20)25-14-22(7-8-23(24)25)35-17-27(34)30-11-9-29(10-12-30)19(3)32/h4-8,13-15,18H,9-12,16-17H2,1-3H3. The second-order valence-corrected chi connectivity index (χ2v) is 9.16. The van der Waals surface area contributed by atoms with Crippen molar-refractivity contribution in [2.45, 2.75) is 33.2 Å². The lowest BCUT2D eigenvalue weighted by Crippen LogP contribution is -2.51. The van der Waals surface area contributed by atoms with Gasteiger partial charge >= 0.3 is 0 Å². The quantitative estimate of drug-likeness (QED) is 0.544. The van der Waals surface area contributed by atoms with Gasteiger partial charge in [0, 0.05) is 50.6 Å². The van der Waals surface area contributed by atoms with Crippen LogP contribution in [0, 0.1) is 5.82 Å². The van der Waals surface area contributed by atoms with Crippen LogP contribution in [0.4, 0.5) is 4.39 Å². The summed E-state index contributed by atoms with van der Waals surface area (Å²) in [5.74, 6) is 0.110. The average Bonchev–Trinajstić information content (AvgIpc) is 2.84. The number of amides is 2. The van der Waals surface area contributed by atoms with E-state index < -0.39 is 0 Å². The van der Waals surface area contributed by atoms with Crippen molar-refractivity contribution in [3.8, 4) is 5.75 Å². The molecule has 35 heavy (non-hydrogen) atoms. The van der Waals surface area contributed by atoms with E-state index in [1.807, 2.05) is 19.9 Å². The molecular formula is C27H30FN3O4. The number of halogens is 1. The normalized spacial score (nSPS) is 14.0. The first-order chi connectivity index (χ1) is 16.7. The summed E-state index contributed by atoms with van der Waals surface area (Å²) < 4.78 is 21.2. The Morgan fingerprint density at radius 2 is 1.71 bits per heavy atom. The van der Waals surface area contributed by atoms with E-state index in [9.17, 15) is 18.8 Å². The molecule has 1 fully saturated rings. The smallest absolute Gasteiger partial charge is 0.260 e. The van der Waals surface area contributed by atoms with E-state index in [4.69, 9.17) is 4.74 Å². The van der Waals surface area contributed by atoms with Crippen molar-refractivity contribution in [2.75, 3.05) is 32.8 Å². The molecule has 0 saturated carbocycles. The van der Waals surface area contributed by atoms with Gasteiger partial charge in [-0.2, -0.15) is 0 Å². The number of hydrogen-bond donors (Lipinski definition) is 0. The van der Waals surface area contributed by atoms with E-state index >= 15 is 0 Å². The molecule has 1 saturated heterocycles. The van der Waals surface area contributed by atoms with E-state index in [-0.39, 0.29) is 42.3 Å². The zero-order chi connectivity index (χ0) is 25.1. The lowest BCUT2D eigenvalue weighted by molar-refractivity contribution is -0.139. The number of piperazine rings is 1. The van der Waals surface area contributed by atoms with Gasteiger partial charge < -0.3 is 19.1 Å². The summed E-state index contributed by atoms with van der Waals surface area (Å²) in [5, 5.41) is 0.912. The molecule has 0 unspecified atom stereocenters. The number of carbonyl (C=O) groups is 2. The highest BCUT2D eigenvalue weighted by atomic mass is 19.1. The molecule has 3 aromatic rings. The first-order valence-corrected chi connectivity index (χ1v) is 11.8. The maximum absolute atomic E-state index is 13.7. The summed E-state index contributed by atoms with van der Waals surface area (Å²) in [5.41, 5.74) is 2.09. The largest absolute Gasteiger partial charge is 0.484 e. The van der Waals surface area contributed by atoms with E-state index in [1.54, 1.807) is 44.7 Å².